The molecule has 0 aromatic carbocycles. The Hall–Kier alpha value is -0.610. The molecule has 2 heterocycles. The van der Waals surface area contributed by atoms with Gasteiger partial charge in [0.15, 0.2) is 0 Å². The van der Waals surface area contributed by atoms with E-state index in [1.165, 1.54) is 0 Å². The lowest BCUT2D eigenvalue weighted by Crippen LogP contribution is -2.45. The third-order valence-electron chi connectivity index (χ3n) is 3.84. The maximum Gasteiger partial charge on any atom is 0.222 e. The van der Waals surface area contributed by atoms with Crippen LogP contribution in [0.4, 0.5) is 0 Å². The molecule has 0 aromatic rings. The fraction of sp³-hybridized carbons (Fsp3) is 0.917. The van der Waals surface area contributed by atoms with Crippen LogP contribution >= 0.6 is 0 Å². The maximum atomic E-state index is 12.0. The van der Waals surface area contributed by atoms with Gasteiger partial charge < -0.3 is 15.3 Å². The standard InChI is InChI=1S/C12H22N2O2/c1-9-8-14(5-3-11(9)15)12(16)6-10-2-4-13-7-10/h9-11,13,15H,2-8H2,1H3. The molecule has 3 atom stereocenters. The van der Waals surface area contributed by atoms with E-state index in [1.807, 2.05) is 11.8 Å². The largest absolute Gasteiger partial charge is 0.393 e. The Balaban J connectivity index is 1.80. The van der Waals surface area contributed by atoms with E-state index in [4.69, 9.17) is 0 Å². The molecular formula is C12H22N2O2. The number of likely N-dealkylation sites (tertiary alicyclic amines) is 1. The van der Waals surface area contributed by atoms with Gasteiger partial charge in [-0.2, -0.15) is 0 Å². The summed E-state index contributed by atoms with van der Waals surface area (Å²) in [6, 6.07) is 0. The van der Waals surface area contributed by atoms with Gasteiger partial charge in [-0.3, -0.25) is 4.79 Å². The Morgan fingerprint density at radius 2 is 2.31 bits per heavy atom. The number of nitrogens with zero attached hydrogens (tertiary/aromatic N) is 1. The van der Waals surface area contributed by atoms with Crippen LogP contribution in [-0.4, -0.2) is 48.2 Å². The van der Waals surface area contributed by atoms with Crippen molar-refractivity contribution in [2.45, 2.75) is 32.3 Å². The first-order chi connectivity index (χ1) is 7.66. The summed E-state index contributed by atoms with van der Waals surface area (Å²) in [6.07, 6.45) is 2.31. The lowest BCUT2D eigenvalue weighted by molar-refractivity contribution is -0.135. The summed E-state index contributed by atoms with van der Waals surface area (Å²) in [5.74, 6) is 1.02. The van der Waals surface area contributed by atoms with Gasteiger partial charge in [0.1, 0.15) is 0 Å². The van der Waals surface area contributed by atoms with Gasteiger partial charge in [0, 0.05) is 19.5 Å². The van der Waals surface area contributed by atoms with Crippen LogP contribution in [-0.2, 0) is 4.79 Å². The molecular weight excluding hydrogens is 204 g/mol. The molecule has 2 rings (SSSR count). The quantitative estimate of drug-likeness (QED) is 0.708. The summed E-state index contributed by atoms with van der Waals surface area (Å²) in [4.78, 5) is 13.9. The molecule has 0 spiro atoms. The van der Waals surface area contributed by atoms with E-state index >= 15 is 0 Å². The first-order valence-electron chi connectivity index (χ1n) is 6.33. The minimum absolute atomic E-state index is 0.222. The second kappa shape index (κ2) is 5.15. The highest BCUT2D eigenvalue weighted by Gasteiger charge is 2.28. The van der Waals surface area contributed by atoms with E-state index in [0.29, 0.717) is 12.3 Å². The Kier molecular flexibility index (Phi) is 3.82. The predicted octanol–water partition coefficient (Wildman–Crippen LogP) is 0.215. The monoisotopic (exact) mass is 226 g/mol. The van der Waals surface area contributed by atoms with Gasteiger partial charge in [-0.05, 0) is 37.8 Å². The zero-order valence-electron chi connectivity index (χ0n) is 9.98. The number of carbonyl (C=O) groups is 1. The van der Waals surface area contributed by atoms with Crippen molar-refractivity contribution in [3.8, 4) is 0 Å². The lowest BCUT2D eigenvalue weighted by Gasteiger charge is -2.34. The molecule has 3 unspecified atom stereocenters. The molecule has 92 valence electrons. The molecule has 0 radical (unpaired) electrons. The van der Waals surface area contributed by atoms with Crippen molar-refractivity contribution in [3.05, 3.63) is 0 Å². The second-order valence-electron chi connectivity index (χ2n) is 5.24. The molecule has 4 nitrogen and oxygen atoms in total. The number of carbonyl (C=O) groups excluding carboxylic acids is 1. The number of amides is 1. The molecule has 0 aromatic heterocycles. The van der Waals surface area contributed by atoms with Gasteiger partial charge >= 0.3 is 0 Å². The van der Waals surface area contributed by atoms with Crippen LogP contribution in [0, 0.1) is 11.8 Å². The SMILES string of the molecule is CC1CN(C(=O)CC2CCNC2)CCC1O. The van der Waals surface area contributed by atoms with Crippen LogP contribution in [0.25, 0.3) is 0 Å². The fourth-order valence-electron chi connectivity index (χ4n) is 2.62. The van der Waals surface area contributed by atoms with E-state index < -0.39 is 0 Å². The van der Waals surface area contributed by atoms with E-state index in [2.05, 4.69) is 5.32 Å². The average molecular weight is 226 g/mol. The molecule has 2 aliphatic rings. The smallest absolute Gasteiger partial charge is 0.222 e. The predicted molar refractivity (Wildman–Crippen MR) is 62.0 cm³/mol. The van der Waals surface area contributed by atoms with Gasteiger partial charge in [-0.25, -0.2) is 0 Å². The first-order valence-corrected chi connectivity index (χ1v) is 6.33. The molecule has 0 aliphatic carbocycles. The molecule has 2 aliphatic heterocycles. The summed E-state index contributed by atoms with van der Waals surface area (Å²) in [5, 5.41) is 12.9. The van der Waals surface area contributed by atoms with Crippen LogP contribution in [0.1, 0.15) is 26.2 Å². The van der Waals surface area contributed by atoms with Crippen molar-refractivity contribution in [2.75, 3.05) is 26.2 Å². The third-order valence-corrected chi connectivity index (χ3v) is 3.84. The molecule has 4 heteroatoms. The normalized spacial score (nSPS) is 35.4. The molecule has 1 amide bonds. The van der Waals surface area contributed by atoms with E-state index in [9.17, 15) is 9.90 Å². The first kappa shape index (κ1) is 11.9. The lowest BCUT2D eigenvalue weighted by atomic mass is 9.95. The number of hydrogen-bond donors (Lipinski definition) is 2. The minimum Gasteiger partial charge on any atom is -0.393 e. The van der Waals surface area contributed by atoms with Crippen LogP contribution < -0.4 is 5.32 Å². The Morgan fingerprint density at radius 3 is 2.94 bits per heavy atom. The van der Waals surface area contributed by atoms with Gasteiger partial charge in [0.25, 0.3) is 0 Å². The van der Waals surface area contributed by atoms with Gasteiger partial charge in [-0.15, -0.1) is 0 Å². The second-order valence-corrected chi connectivity index (χ2v) is 5.24. The average Bonchev–Trinajstić information content (AvgIpc) is 2.74. The number of hydrogen-bond acceptors (Lipinski definition) is 3. The summed E-state index contributed by atoms with van der Waals surface area (Å²) < 4.78 is 0. The number of rotatable bonds is 2. The van der Waals surface area contributed by atoms with E-state index in [1.54, 1.807) is 0 Å². The van der Waals surface area contributed by atoms with E-state index in [-0.39, 0.29) is 17.9 Å². The van der Waals surface area contributed by atoms with Crippen LogP contribution in [0.3, 0.4) is 0 Å². The Morgan fingerprint density at radius 1 is 1.50 bits per heavy atom. The topological polar surface area (TPSA) is 52.6 Å². The van der Waals surface area contributed by atoms with Crippen molar-refractivity contribution in [1.29, 1.82) is 0 Å². The fourth-order valence-corrected chi connectivity index (χ4v) is 2.62. The van der Waals surface area contributed by atoms with E-state index in [0.717, 1.165) is 39.0 Å². The molecule has 2 N–H and O–H groups in total. The summed E-state index contributed by atoms with van der Waals surface area (Å²) in [7, 11) is 0. The Bertz CT molecular complexity index is 251. The zero-order chi connectivity index (χ0) is 11.5. The third kappa shape index (κ3) is 2.74. The summed E-state index contributed by atoms with van der Waals surface area (Å²) in [6.45, 7) is 5.50. The highest BCUT2D eigenvalue weighted by atomic mass is 16.3. The van der Waals surface area contributed by atoms with Gasteiger partial charge in [0.2, 0.25) is 5.91 Å². The van der Waals surface area contributed by atoms with Crippen molar-refractivity contribution in [3.63, 3.8) is 0 Å². The summed E-state index contributed by atoms with van der Waals surface area (Å²) in [5.41, 5.74) is 0. The number of nitrogens with one attached hydrogen (secondary N) is 1. The number of piperidine rings is 1. The van der Waals surface area contributed by atoms with Crippen molar-refractivity contribution < 1.29 is 9.90 Å². The van der Waals surface area contributed by atoms with Crippen molar-refractivity contribution in [1.82, 2.24) is 10.2 Å². The highest BCUT2D eigenvalue weighted by Crippen LogP contribution is 2.20. The van der Waals surface area contributed by atoms with Crippen LogP contribution in [0.2, 0.25) is 0 Å². The number of aliphatic hydroxyl groups is 1. The van der Waals surface area contributed by atoms with Crippen LogP contribution in [0.15, 0.2) is 0 Å². The van der Waals surface area contributed by atoms with Crippen molar-refractivity contribution >= 4 is 5.91 Å². The van der Waals surface area contributed by atoms with Crippen LogP contribution in [0.5, 0.6) is 0 Å². The molecule has 0 bridgehead atoms. The summed E-state index contributed by atoms with van der Waals surface area (Å²) >= 11 is 0. The van der Waals surface area contributed by atoms with Gasteiger partial charge in [-0.1, -0.05) is 6.92 Å². The molecule has 2 saturated heterocycles. The number of aliphatic hydroxyl groups excluding tert-OH is 1. The molecule has 16 heavy (non-hydrogen) atoms. The van der Waals surface area contributed by atoms with Crippen molar-refractivity contribution in [2.24, 2.45) is 11.8 Å². The highest BCUT2D eigenvalue weighted by molar-refractivity contribution is 5.76. The van der Waals surface area contributed by atoms with Gasteiger partial charge in [0.05, 0.1) is 6.10 Å². The molecule has 0 saturated carbocycles. The Labute approximate surface area is 97.0 Å². The molecule has 2 fully saturated rings. The minimum atomic E-state index is -0.225. The maximum absolute atomic E-state index is 12.0. The zero-order valence-corrected chi connectivity index (χ0v) is 9.98.